The van der Waals surface area contributed by atoms with E-state index in [1.54, 1.807) is 43.8 Å². The Morgan fingerprint density at radius 3 is 2.24 bits per heavy atom. The first kappa shape index (κ1) is 25.5. The van der Waals surface area contributed by atoms with Gasteiger partial charge in [0.25, 0.3) is 0 Å². The molecule has 0 aliphatic carbocycles. The van der Waals surface area contributed by atoms with Crippen molar-refractivity contribution >= 4 is 21.7 Å². The Morgan fingerprint density at radius 1 is 1.09 bits per heavy atom. The molecule has 3 aromatic rings. The molecule has 0 aliphatic heterocycles. The molecule has 0 aliphatic rings. The minimum atomic E-state index is -3.84. The lowest BCUT2D eigenvalue weighted by Crippen LogP contribution is -2.42. The van der Waals surface area contributed by atoms with E-state index < -0.39 is 22.0 Å². The second-order valence-corrected chi connectivity index (χ2v) is 11.2. The normalized spacial score (nSPS) is 12.2. The molecule has 0 spiro atoms. The molecule has 2 aromatic carbocycles. The monoisotopic (exact) mass is 484 g/mol. The van der Waals surface area contributed by atoms with E-state index >= 15 is 0 Å². The van der Waals surface area contributed by atoms with E-state index in [1.165, 1.54) is 16.4 Å². The van der Waals surface area contributed by atoms with Gasteiger partial charge in [-0.1, -0.05) is 39.0 Å². The lowest BCUT2D eigenvalue weighted by atomic mass is 9.92. The van der Waals surface area contributed by atoms with Crippen LogP contribution >= 0.6 is 0 Å². The van der Waals surface area contributed by atoms with Crippen molar-refractivity contribution in [2.45, 2.75) is 51.0 Å². The molecule has 9 heteroatoms. The van der Waals surface area contributed by atoms with Crippen LogP contribution in [0.2, 0.25) is 0 Å². The molecule has 0 atom stereocenters. The van der Waals surface area contributed by atoms with Gasteiger partial charge in [0.1, 0.15) is 11.6 Å². The van der Waals surface area contributed by atoms with E-state index in [0.717, 1.165) is 11.4 Å². The number of nitrogens with one attached hydrogen (secondary N) is 1. The van der Waals surface area contributed by atoms with Gasteiger partial charge in [0.2, 0.25) is 15.9 Å². The van der Waals surface area contributed by atoms with E-state index in [4.69, 9.17) is 9.84 Å². The van der Waals surface area contributed by atoms with Crippen molar-refractivity contribution in [3.8, 4) is 11.4 Å². The third-order valence-corrected chi connectivity index (χ3v) is 7.32. The van der Waals surface area contributed by atoms with Crippen molar-refractivity contribution < 1.29 is 17.9 Å². The summed E-state index contributed by atoms with van der Waals surface area (Å²) in [5.74, 6) is 0.709. The van der Waals surface area contributed by atoms with E-state index in [2.05, 4.69) is 5.32 Å². The molecule has 0 saturated heterocycles. The van der Waals surface area contributed by atoms with E-state index in [9.17, 15) is 13.2 Å². The maximum atomic E-state index is 13.2. The minimum absolute atomic E-state index is 0.148. The van der Waals surface area contributed by atoms with Gasteiger partial charge in [-0.15, -0.1) is 0 Å². The van der Waals surface area contributed by atoms with E-state index in [-0.39, 0.29) is 16.9 Å². The highest BCUT2D eigenvalue weighted by atomic mass is 32.2. The van der Waals surface area contributed by atoms with Crippen LogP contribution in [0.5, 0.6) is 5.75 Å². The zero-order valence-electron chi connectivity index (χ0n) is 20.4. The zero-order valence-corrected chi connectivity index (χ0v) is 21.3. The molecule has 1 amide bonds. The van der Waals surface area contributed by atoms with Gasteiger partial charge < -0.3 is 10.1 Å². The summed E-state index contributed by atoms with van der Waals surface area (Å²) in [7, 11) is -2.25. The minimum Gasteiger partial charge on any atom is -0.497 e. The maximum absolute atomic E-state index is 13.2. The molecule has 1 N–H and O–H groups in total. The van der Waals surface area contributed by atoms with E-state index in [1.807, 2.05) is 51.1 Å². The standard InChI is InChI=1S/C25H32N4O4S/c1-18(2)28(34(31,32)21-10-8-7-9-11-21)17-24(30)26-23-16-22(25(3,4)5)27-29(23)19-12-14-20(33-6)15-13-19/h7-16,18H,17H2,1-6H3,(H,26,30). The summed E-state index contributed by atoms with van der Waals surface area (Å²) in [6, 6.07) is 16.8. The number of rotatable bonds is 8. The third-order valence-electron chi connectivity index (χ3n) is 5.29. The Labute approximate surface area is 201 Å². The molecule has 182 valence electrons. The first-order valence-electron chi connectivity index (χ1n) is 11.0. The molecular formula is C25H32N4O4S. The van der Waals surface area contributed by atoms with Gasteiger partial charge >= 0.3 is 0 Å². The van der Waals surface area contributed by atoms with Gasteiger partial charge in [0, 0.05) is 17.5 Å². The van der Waals surface area contributed by atoms with Crippen LogP contribution < -0.4 is 10.1 Å². The average Bonchev–Trinajstić information content (AvgIpc) is 3.22. The van der Waals surface area contributed by atoms with Gasteiger partial charge in [-0.25, -0.2) is 13.1 Å². The molecule has 0 fully saturated rings. The van der Waals surface area contributed by atoms with Gasteiger partial charge in [-0.2, -0.15) is 9.40 Å². The number of sulfonamides is 1. The van der Waals surface area contributed by atoms with Crippen molar-refractivity contribution in [1.82, 2.24) is 14.1 Å². The Morgan fingerprint density at radius 2 is 1.71 bits per heavy atom. The first-order valence-corrected chi connectivity index (χ1v) is 12.5. The fourth-order valence-electron chi connectivity index (χ4n) is 3.35. The number of aromatic nitrogens is 2. The van der Waals surface area contributed by atoms with Gasteiger partial charge in [-0.05, 0) is 50.2 Å². The summed E-state index contributed by atoms with van der Waals surface area (Å²) in [5, 5.41) is 7.56. The van der Waals surface area contributed by atoms with Crippen LogP contribution in [0.4, 0.5) is 5.82 Å². The van der Waals surface area contributed by atoms with Crippen LogP contribution in [0.25, 0.3) is 5.69 Å². The van der Waals surface area contributed by atoms with Crippen molar-refractivity contribution in [3.05, 3.63) is 66.4 Å². The van der Waals surface area contributed by atoms with Crippen LogP contribution in [-0.4, -0.2) is 48.1 Å². The molecule has 0 bridgehead atoms. The summed E-state index contributed by atoms with van der Waals surface area (Å²) < 4.78 is 34.4. The van der Waals surface area contributed by atoms with Crippen molar-refractivity contribution in [1.29, 1.82) is 0 Å². The van der Waals surface area contributed by atoms with Gasteiger partial charge in [0.05, 0.1) is 29.9 Å². The quantitative estimate of drug-likeness (QED) is 0.517. The average molecular weight is 485 g/mol. The first-order chi connectivity index (χ1) is 15.9. The van der Waals surface area contributed by atoms with Crippen LogP contribution in [0.1, 0.15) is 40.3 Å². The summed E-state index contributed by atoms with van der Waals surface area (Å²) in [6.45, 7) is 9.26. The number of methoxy groups -OCH3 is 1. The lowest BCUT2D eigenvalue weighted by molar-refractivity contribution is -0.116. The SMILES string of the molecule is COc1ccc(-n2nc(C(C)(C)C)cc2NC(=O)CN(C(C)C)S(=O)(=O)c2ccccc2)cc1. The van der Waals surface area contributed by atoms with Crippen molar-refractivity contribution in [2.24, 2.45) is 0 Å². The number of hydrogen-bond acceptors (Lipinski definition) is 5. The maximum Gasteiger partial charge on any atom is 0.243 e. The van der Waals surface area contributed by atoms with Crippen molar-refractivity contribution in [2.75, 3.05) is 19.0 Å². The van der Waals surface area contributed by atoms with Gasteiger partial charge in [0.15, 0.2) is 0 Å². The smallest absolute Gasteiger partial charge is 0.243 e. The zero-order chi connectivity index (χ0) is 25.1. The highest BCUT2D eigenvalue weighted by Crippen LogP contribution is 2.27. The molecule has 1 aromatic heterocycles. The Balaban J connectivity index is 1.91. The Hall–Kier alpha value is -3.17. The number of nitrogens with zero attached hydrogens (tertiary/aromatic N) is 3. The molecular weight excluding hydrogens is 452 g/mol. The molecule has 8 nitrogen and oxygen atoms in total. The number of carbonyl (C=O) groups is 1. The lowest BCUT2D eigenvalue weighted by Gasteiger charge is -2.25. The molecule has 3 rings (SSSR count). The third kappa shape index (κ3) is 5.66. The number of benzene rings is 2. The van der Waals surface area contributed by atoms with Crippen LogP contribution in [0.15, 0.2) is 65.6 Å². The summed E-state index contributed by atoms with van der Waals surface area (Å²) in [5.41, 5.74) is 1.28. The van der Waals surface area contributed by atoms with Crippen LogP contribution in [0, 0.1) is 0 Å². The number of ether oxygens (including phenoxy) is 1. The number of amides is 1. The van der Waals surface area contributed by atoms with E-state index in [0.29, 0.717) is 11.6 Å². The molecule has 34 heavy (non-hydrogen) atoms. The topological polar surface area (TPSA) is 93.5 Å². The van der Waals surface area contributed by atoms with Crippen molar-refractivity contribution in [3.63, 3.8) is 0 Å². The predicted octanol–water partition coefficient (Wildman–Crippen LogP) is 4.22. The largest absolute Gasteiger partial charge is 0.497 e. The highest BCUT2D eigenvalue weighted by molar-refractivity contribution is 7.89. The molecule has 0 radical (unpaired) electrons. The Kier molecular flexibility index (Phi) is 7.48. The van der Waals surface area contributed by atoms with Crippen LogP contribution in [0.3, 0.4) is 0 Å². The van der Waals surface area contributed by atoms with Crippen LogP contribution in [-0.2, 0) is 20.2 Å². The summed E-state index contributed by atoms with van der Waals surface area (Å²) in [4.78, 5) is 13.2. The highest BCUT2D eigenvalue weighted by Gasteiger charge is 2.29. The summed E-state index contributed by atoms with van der Waals surface area (Å²) in [6.07, 6.45) is 0. The molecule has 0 saturated carbocycles. The number of anilines is 1. The summed E-state index contributed by atoms with van der Waals surface area (Å²) >= 11 is 0. The second-order valence-electron chi connectivity index (χ2n) is 9.28. The molecule has 0 unspecified atom stereocenters. The Bertz CT molecular complexity index is 1230. The molecule has 1 heterocycles. The number of hydrogen-bond donors (Lipinski definition) is 1. The second kappa shape index (κ2) is 9.99. The number of carbonyl (C=O) groups excluding carboxylic acids is 1. The fraction of sp³-hybridized carbons (Fsp3) is 0.360. The fourth-order valence-corrected chi connectivity index (χ4v) is 4.97. The predicted molar refractivity (Wildman–Crippen MR) is 133 cm³/mol. The van der Waals surface area contributed by atoms with Gasteiger partial charge in [-0.3, -0.25) is 4.79 Å².